The Morgan fingerprint density at radius 2 is 2.38 bits per heavy atom. The summed E-state index contributed by atoms with van der Waals surface area (Å²) >= 11 is 1.65. The average molecular weight is 202 g/mol. The van der Waals surface area contributed by atoms with Crippen molar-refractivity contribution in [1.29, 1.82) is 0 Å². The lowest BCUT2D eigenvalue weighted by atomic mass is 9.86. The molecule has 0 amide bonds. The molecule has 0 radical (unpaired) electrons. The number of aliphatic carboxylic acids is 1. The predicted molar refractivity (Wildman–Crippen MR) is 56.1 cm³/mol. The summed E-state index contributed by atoms with van der Waals surface area (Å²) in [6.07, 6.45) is 4.02. The molecule has 1 aliphatic heterocycles. The summed E-state index contributed by atoms with van der Waals surface area (Å²) in [7, 11) is 0. The van der Waals surface area contributed by atoms with Crippen LogP contribution >= 0.6 is 11.8 Å². The van der Waals surface area contributed by atoms with E-state index in [1.165, 1.54) is 0 Å². The maximum Gasteiger partial charge on any atom is 0.320 e. The SMILES string of the molecule is CCCC(C)C1(C(=O)O)CCCS1. The number of rotatable bonds is 4. The van der Waals surface area contributed by atoms with E-state index in [1.807, 2.05) is 0 Å². The zero-order valence-corrected chi connectivity index (χ0v) is 9.19. The van der Waals surface area contributed by atoms with Crippen LogP contribution in [-0.4, -0.2) is 21.6 Å². The summed E-state index contributed by atoms with van der Waals surface area (Å²) in [6.45, 7) is 4.20. The van der Waals surface area contributed by atoms with Crippen LogP contribution in [0.4, 0.5) is 0 Å². The van der Waals surface area contributed by atoms with Crippen LogP contribution in [0.3, 0.4) is 0 Å². The molecule has 0 aromatic heterocycles. The zero-order chi connectivity index (χ0) is 9.90. The van der Waals surface area contributed by atoms with Gasteiger partial charge in [0, 0.05) is 0 Å². The molecule has 2 atom stereocenters. The summed E-state index contributed by atoms with van der Waals surface area (Å²) in [5, 5.41) is 9.24. The highest BCUT2D eigenvalue weighted by atomic mass is 32.2. The van der Waals surface area contributed by atoms with Crippen molar-refractivity contribution in [2.45, 2.75) is 44.3 Å². The number of carboxylic acids is 1. The third kappa shape index (κ3) is 2.01. The third-order valence-electron chi connectivity index (χ3n) is 2.93. The second kappa shape index (κ2) is 4.36. The topological polar surface area (TPSA) is 37.3 Å². The van der Waals surface area contributed by atoms with Gasteiger partial charge in [-0.05, 0) is 30.9 Å². The van der Waals surface area contributed by atoms with Gasteiger partial charge in [-0.1, -0.05) is 20.3 Å². The first-order chi connectivity index (χ1) is 6.13. The highest BCUT2D eigenvalue weighted by molar-refractivity contribution is 8.01. The standard InChI is InChI=1S/C10H18O2S/c1-3-5-8(2)10(9(11)12)6-4-7-13-10/h8H,3-7H2,1-2H3,(H,11,12). The van der Waals surface area contributed by atoms with Crippen LogP contribution in [0.5, 0.6) is 0 Å². The minimum atomic E-state index is -0.601. The van der Waals surface area contributed by atoms with E-state index < -0.39 is 10.7 Å². The van der Waals surface area contributed by atoms with Crippen LogP contribution in [0.15, 0.2) is 0 Å². The van der Waals surface area contributed by atoms with Gasteiger partial charge in [0.15, 0.2) is 0 Å². The number of hydrogen-bond acceptors (Lipinski definition) is 2. The number of thioether (sulfide) groups is 1. The van der Waals surface area contributed by atoms with Crippen LogP contribution in [0.2, 0.25) is 0 Å². The fraction of sp³-hybridized carbons (Fsp3) is 0.900. The Hall–Kier alpha value is -0.180. The molecule has 2 nitrogen and oxygen atoms in total. The van der Waals surface area contributed by atoms with Crippen molar-refractivity contribution in [2.24, 2.45) is 5.92 Å². The van der Waals surface area contributed by atoms with Crippen molar-refractivity contribution < 1.29 is 9.90 Å². The minimum absolute atomic E-state index is 0.308. The number of carbonyl (C=O) groups is 1. The molecule has 0 spiro atoms. The van der Waals surface area contributed by atoms with Crippen LogP contribution in [0.25, 0.3) is 0 Å². The smallest absolute Gasteiger partial charge is 0.320 e. The molecule has 1 rings (SSSR count). The maximum atomic E-state index is 11.2. The molecule has 0 bridgehead atoms. The van der Waals surface area contributed by atoms with E-state index in [2.05, 4.69) is 13.8 Å². The summed E-state index contributed by atoms with van der Waals surface area (Å²) in [4.78, 5) is 11.2. The van der Waals surface area contributed by atoms with Crippen LogP contribution in [0.1, 0.15) is 39.5 Å². The van der Waals surface area contributed by atoms with Gasteiger partial charge in [-0.2, -0.15) is 0 Å². The van der Waals surface area contributed by atoms with Crippen LogP contribution in [0, 0.1) is 5.92 Å². The van der Waals surface area contributed by atoms with Gasteiger partial charge in [-0.3, -0.25) is 4.79 Å². The lowest BCUT2D eigenvalue weighted by molar-refractivity contribution is -0.141. The van der Waals surface area contributed by atoms with Crippen molar-refractivity contribution in [3.8, 4) is 0 Å². The normalized spacial score (nSPS) is 30.3. The fourth-order valence-electron chi connectivity index (χ4n) is 2.10. The van der Waals surface area contributed by atoms with Gasteiger partial charge < -0.3 is 5.11 Å². The summed E-state index contributed by atoms with van der Waals surface area (Å²) in [6, 6.07) is 0. The van der Waals surface area contributed by atoms with Crippen molar-refractivity contribution in [3.63, 3.8) is 0 Å². The molecule has 1 heterocycles. The maximum absolute atomic E-state index is 11.2. The monoisotopic (exact) mass is 202 g/mol. The second-order valence-electron chi connectivity index (χ2n) is 3.84. The molecule has 1 N–H and O–H groups in total. The van der Waals surface area contributed by atoms with E-state index in [0.717, 1.165) is 31.4 Å². The summed E-state index contributed by atoms with van der Waals surface area (Å²) < 4.78 is -0.462. The molecule has 76 valence electrons. The Bertz CT molecular complexity index is 185. The first kappa shape index (κ1) is 10.9. The van der Waals surface area contributed by atoms with Gasteiger partial charge in [0.1, 0.15) is 4.75 Å². The van der Waals surface area contributed by atoms with E-state index in [1.54, 1.807) is 11.8 Å². The first-order valence-electron chi connectivity index (χ1n) is 5.01. The van der Waals surface area contributed by atoms with Crippen LogP contribution < -0.4 is 0 Å². The fourth-order valence-corrected chi connectivity index (χ4v) is 3.56. The quantitative estimate of drug-likeness (QED) is 0.761. The lowest BCUT2D eigenvalue weighted by Crippen LogP contribution is -2.39. The van der Waals surface area contributed by atoms with E-state index in [0.29, 0.717) is 5.92 Å². The molecule has 13 heavy (non-hydrogen) atoms. The van der Waals surface area contributed by atoms with Gasteiger partial charge in [-0.25, -0.2) is 0 Å². The largest absolute Gasteiger partial charge is 0.480 e. The van der Waals surface area contributed by atoms with Gasteiger partial charge in [-0.15, -0.1) is 11.8 Å². The van der Waals surface area contributed by atoms with E-state index >= 15 is 0 Å². The predicted octanol–water partition coefficient (Wildman–Crippen LogP) is 2.77. The van der Waals surface area contributed by atoms with E-state index in [-0.39, 0.29) is 0 Å². The summed E-state index contributed by atoms with van der Waals surface area (Å²) in [5.41, 5.74) is 0. The van der Waals surface area contributed by atoms with Gasteiger partial charge in [0.2, 0.25) is 0 Å². The molecule has 3 heteroatoms. The third-order valence-corrected chi connectivity index (χ3v) is 4.72. The van der Waals surface area contributed by atoms with E-state index in [4.69, 9.17) is 0 Å². The lowest BCUT2D eigenvalue weighted by Gasteiger charge is -2.29. The van der Waals surface area contributed by atoms with Gasteiger partial charge >= 0.3 is 5.97 Å². The van der Waals surface area contributed by atoms with Crippen molar-refractivity contribution >= 4 is 17.7 Å². The molecule has 1 saturated heterocycles. The first-order valence-corrected chi connectivity index (χ1v) is 5.99. The Kier molecular flexibility index (Phi) is 3.65. The number of hydrogen-bond donors (Lipinski definition) is 1. The molecule has 1 aliphatic rings. The van der Waals surface area contributed by atoms with Gasteiger partial charge in [0.25, 0.3) is 0 Å². The Morgan fingerprint density at radius 1 is 1.69 bits per heavy atom. The molecule has 0 saturated carbocycles. The highest BCUT2D eigenvalue weighted by Gasteiger charge is 2.46. The molecule has 0 aromatic carbocycles. The molecular formula is C10H18O2S. The summed E-state index contributed by atoms with van der Waals surface area (Å²) in [5.74, 6) is 0.721. The van der Waals surface area contributed by atoms with Gasteiger partial charge in [0.05, 0.1) is 0 Å². The Labute approximate surface area is 84.1 Å². The second-order valence-corrected chi connectivity index (χ2v) is 5.26. The molecule has 2 unspecified atom stereocenters. The molecule has 1 fully saturated rings. The molecule has 0 aliphatic carbocycles. The molecule has 0 aromatic rings. The van der Waals surface area contributed by atoms with Crippen LogP contribution in [-0.2, 0) is 4.79 Å². The minimum Gasteiger partial charge on any atom is -0.480 e. The Balaban J connectivity index is 2.71. The zero-order valence-electron chi connectivity index (χ0n) is 8.38. The number of carboxylic acid groups (broad SMARTS) is 1. The van der Waals surface area contributed by atoms with Crippen molar-refractivity contribution in [3.05, 3.63) is 0 Å². The van der Waals surface area contributed by atoms with E-state index in [9.17, 15) is 9.90 Å². The van der Waals surface area contributed by atoms with Crippen molar-refractivity contribution in [1.82, 2.24) is 0 Å². The Morgan fingerprint density at radius 3 is 2.77 bits per heavy atom. The highest BCUT2D eigenvalue weighted by Crippen LogP contribution is 2.45. The molecular weight excluding hydrogens is 184 g/mol. The van der Waals surface area contributed by atoms with Crippen molar-refractivity contribution in [2.75, 3.05) is 5.75 Å². The average Bonchev–Trinajstić information content (AvgIpc) is 2.53.